The second-order valence-electron chi connectivity index (χ2n) is 2.75. The van der Waals surface area contributed by atoms with Crippen molar-refractivity contribution in [1.82, 2.24) is 10.6 Å². The summed E-state index contributed by atoms with van der Waals surface area (Å²) in [5, 5.41) is 21.9. The lowest BCUT2D eigenvalue weighted by atomic mass is 10.4. The summed E-state index contributed by atoms with van der Waals surface area (Å²) in [7, 11) is 0. The number of urea groups is 1. The quantitative estimate of drug-likeness (QED) is 0.344. The van der Waals surface area contributed by atoms with Gasteiger partial charge >= 0.3 is 12.0 Å². The SMILES string of the molecule is C#CCSCCNC(=O)NCC(O)C(=O)O. The molecule has 1 atom stereocenters. The Kier molecular flexibility index (Phi) is 8.11. The van der Waals surface area contributed by atoms with Crippen LogP contribution in [0.15, 0.2) is 0 Å². The highest BCUT2D eigenvalue weighted by Gasteiger charge is 2.13. The molecule has 0 aliphatic carbocycles. The molecule has 4 N–H and O–H groups in total. The maximum absolute atomic E-state index is 11.0. The molecular weight excluding hydrogens is 232 g/mol. The third-order valence-electron chi connectivity index (χ3n) is 1.46. The van der Waals surface area contributed by atoms with Gasteiger partial charge in [0.1, 0.15) is 0 Å². The van der Waals surface area contributed by atoms with Crippen molar-refractivity contribution in [3.05, 3.63) is 0 Å². The zero-order valence-electron chi connectivity index (χ0n) is 8.60. The van der Waals surface area contributed by atoms with Gasteiger partial charge in [0.2, 0.25) is 0 Å². The van der Waals surface area contributed by atoms with Gasteiger partial charge in [-0.15, -0.1) is 18.2 Å². The molecule has 1 unspecified atom stereocenters. The number of thioether (sulfide) groups is 1. The molecule has 0 radical (unpaired) electrons. The number of aliphatic hydroxyl groups is 1. The summed E-state index contributed by atoms with van der Waals surface area (Å²) in [4.78, 5) is 21.2. The number of carbonyl (C=O) groups is 2. The Morgan fingerprint density at radius 1 is 1.44 bits per heavy atom. The first-order valence-electron chi connectivity index (χ1n) is 4.51. The van der Waals surface area contributed by atoms with Crippen LogP contribution in [-0.2, 0) is 4.79 Å². The summed E-state index contributed by atoms with van der Waals surface area (Å²) in [6, 6.07) is -0.512. The molecule has 0 spiro atoms. The van der Waals surface area contributed by atoms with Crippen LogP contribution in [0.25, 0.3) is 0 Å². The first-order chi connectivity index (χ1) is 7.57. The van der Waals surface area contributed by atoms with E-state index in [1.165, 1.54) is 11.8 Å². The smallest absolute Gasteiger partial charge is 0.334 e. The van der Waals surface area contributed by atoms with E-state index in [1.807, 2.05) is 0 Å². The van der Waals surface area contributed by atoms with Crippen LogP contribution in [0.2, 0.25) is 0 Å². The number of carboxylic acids is 1. The normalized spacial score (nSPS) is 11.2. The second-order valence-corrected chi connectivity index (χ2v) is 3.85. The zero-order valence-corrected chi connectivity index (χ0v) is 9.42. The van der Waals surface area contributed by atoms with Crippen LogP contribution in [0.3, 0.4) is 0 Å². The molecular formula is C9H14N2O4S. The number of nitrogens with one attached hydrogen (secondary N) is 2. The highest BCUT2D eigenvalue weighted by Crippen LogP contribution is 1.94. The van der Waals surface area contributed by atoms with Crippen molar-refractivity contribution in [2.45, 2.75) is 6.10 Å². The fourth-order valence-corrected chi connectivity index (χ4v) is 1.22. The monoisotopic (exact) mass is 246 g/mol. The number of amides is 2. The average Bonchev–Trinajstić information content (AvgIpc) is 2.25. The minimum absolute atomic E-state index is 0.321. The molecule has 0 aromatic carbocycles. The molecule has 16 heavy (non-hydrogen) atoms. The number of rotatable bonds is 7. The largest absolute Gasteiger partial charge is 0.479 e. The van der Waals surface area contributed by atoms with Gasteiger partial charge in [-0.3, -0.25) is 0 Å². The number of aliphatic carboxylic acids is 1. The molecule has 0 bridgehead atoms. The van der Waals surface area contributed by atoms with Gasteiger partial charge < -0.3 is 20.8 Å². The van der Waals surface area contributed by atoms with E-state index in [2.05, 4.69) is 16.6 Å². The van der Waals surface area contributed by atoms with Gasteiger partial charge in [0.25, 0.3) is 0 Å². The molecule has 0 aliphatic rings. The molecule has 0 fully saturated rings. The lowest BCUT2D eigenvalue weighted by Gasteiger charge is -2.08. The topological polar surface area (TPSA) is 98.7 Å². The highest BCUT2D eigenvalue weighted by atomic mass is 32.2. The molecule has 0 saturated carbocycles. The van der Waals surface area contributed by atoms with Gasteiger partial charge in [0.05, 0.1) is 12.3 Å². The van der Waals surface area contributed by atoms with E-state index in [4.69, 9.17) is 16.6 Å². The van der Waals surface area contributed by atoms with E-state index in [1.54, 1.807) is 0 Å². The van der Waals surface area contributed by atoms with Crippen LogP contribution in [0.1, 0.15) is 0 Å². The molecule has 0 rings (SSSR count). The number of hydrogen-bond donors (Lipinski definition) is 4. The minimum Gasteiger partial charge on any atom is -0.479 e. The average molecular weight is 246 g/mol. The molecule has 6 nitrogen and oxygen atoms in total. The summed E-state index contributed by atoms with van der Waals surface area (Å²) in [5.74, 6) is 2.34. The number of terminal acetylenes is 1. The Morgan fingerprint density at radius 2 is 2.12 bits per heavy atom. The summed E-state index contributed by atoms with van der Waals surface area (Å²) < 4.78 is 0. The lowest BCUT2D eigenvalue weighted by Crippen LogP contribution is -2.42. The Balaban J connectivity index is 3.45. The second kappa shape index (κ2) is 8.88. The van der Waals surface area contributed by atoms with Crippen molar-refractivity contribution in [3.63, 3.8) is 0 Å². The van der Waals surface area contributed by atoms with Gasteiger partial charge in [0.15, 0.2) is 6.10 Å². The first kappa shape index (κ1) is 14.6. The number of carboxylic acid groups (broad SMARTS) is 1. The molecule has 90 valence electrons. The fourth-order valence-electron chi connectivity index (χ4n) is 0.707. The lowest BCUT2D eigenvalue weighted by molar-refractivity contribution is -0.146. The zero-order chi connectivity index (χ0) is 12.4. The molecule has 0 aliphatic heterocycles. The van der Waals surface area contributed by atoms with Crippen LogP contribution in [0.4, 0.5) is 4.79 Å². The van der Waals surface area contributed by atoms with Gasteiger partial charge in [-0.25, -0.2) is 9.59 Å². The summed E-state index contributed by atoms with van der Waals surface area (Å²) in [6.07, 6.45) is 3.44. The molecule has 0 saturated heterocycles. The van der Waals surface area contributed by atoms with Crippen LogP contribution in [0.5, 0.6) is 0 Å². The van der Waals surface area contributed by atoms with Gasteiger partial charge in [-0.1, -0.05) is 5.92 Å². The van der Waals surface area contributed by atoms with E-state index < -0.39 is 18.1 Å². The third-order valence-corrected chi connectivity index (χ3v) is 2.32. The predicted octanol–water partition coefficient (Wildman–Crippen LogP) is -0.902. The predicted molar refractivity (Wildman–Crippen MR) is 61.2 cm³/mol. The molecule has 0 heterocycles. The number of hydrogen-bond acceptors (Lipinski definition) is 4. The van der Waals surface area contributed by atoms with Crippen LogP contribution >= 0.6 is 11.8 Å². The van der Waals surface area contributed by atoms with Crippen LogP contribution < -0.4 is 10.6 Å². The summed E-state index contributed by atoms with van der Waals surface area (Å²) in [6.45, 7) is 0.111. The van der Waals surface area contributed by atoms with Gasteiger partial charge in [0, 0.05) is 12.3 Å². The molecule has 0 aromatic rings. The van der Waals surface area contributed by atoms with Crippen molar-refractivity contribution >= 4 is 23.8 Å². The van der Waals surface area contributed by atoms with E-state index in [0.29, 0.717) is 18.1 Å². The maximum Gasteiger partial charge on any atom is 0.334 e. The van der Waals surface area contributed by atoms with E-state index in [-0.39, 0.29) is 6.54 Å². The van der Waals surface area contributed by atoms with Crippen molar-refractivity contribution in [1.29, 1.82) is 0 Å². The Bertz CT molecular complexity index is 277. The number of aliphatic hydroxyl groups excluding tert-OH is 1. The van der Waals surface area contributed by atoms with Crippen LogP contribution in [-0.4, -0.2) is 52.9 Å². The Morgan fingerprint density at radius 3 is 2.69 bits per heavy atom. The Labute approximate surface area is 97.8 Å². The standard InChI is InChI=1S/C9H14N2O4S/c1-2-4-16-5-3-10-9(15)11-6-7(12)8(13)14/h1,7,12H,3-6H2,(H,13,14)(H2,10,11,15). The highest BCUT2D eigenvalue weighted by molar-refractivity contribution is 7.99. The minimum atomic E-state index is -1.58. The Hall–Kier alpha value is -1.39. The van der Waals surface area contributed by atoms with Crippen molar-refractivity contribution in [2.24, 2.45) is 0 Å². The van der Waals surface area contributed by atoms with Crippen LogP contribution in [0, 0.1) is 12.3 Å². The van der Waals surface area contributed by atoms with Crippen molar-refractivity contribution in [3.8, 4) is 12.3 Å². The van der Waals surface area contributed by atoms with E-state index in [9.17, 15) is 9.59 Å². The molecule has 0 aromatic heterocycles. The molecule has 2 amide bonds. The van der Waals surface area contributed by atoms with E-state index >= 15 is 0 Å². The van der Waals surface area contributed by atoms with Gasteiger partial charge in [-0.05, 0) is 0 Å². The van der Waals surface area contributed by atoms with Crippen molar-refractivity contribution < 1.29 is 19.8 Å². The first-order valence-corrected chi connectivity index (χ1v) is 5.67. The fraction of sp³-hybridized carbons (Fsp3) is 0.556. The van der Waals surface area contributed by atoms with E-state index in [0.717, 1.165) is 0 Å². The van der Waals surface area contributed by atoms with Gasteiger partial charge in [-0.2, -0.15) is 0 Å². The summed E-state index contributed by atoms with van der Waals surface area (Å²) in [5.41, 5.74) is 0. The number of carbonyl (C=O) groups excluding carboxylic acids is 1. The summed E-state index contributed by atoms with van der Waals surface area (Å²) >= 11 is 1.50. The molecule has 7 heteroatoms. The van der Waals surface area contributed by atoms with Crippen molar-refractivity contribution in [2.75, 3.05) is 24.6 Å². The maximum atomic E-state index is 11.0. The third kappa shape index (κ3) is 7.96.